The van der Waals surface area contributed by atoms with Crippen LogP contribution in [0.2, 0.25) is 0 Å². The number of alkyl carbamates (subject to hydrolysis) is 1. The molecule has 0 saturated heterocycles. The van der Waals surface area contributed by atoms with Crippen LogP contribution in [-0.4, -0.2) is 64.3 Å². The Bertz CT molecular complexity index is 535. The van der Waals surface area contributed by atoms with Gasteiger partial charge in [-0.25, -0.2) is 13.2 Å². The van der Waals surface area contributed by atoms with Crippen molar-refractivity contribution >= 4 is 21.9 Å². The largest absolute Gasteiger partial charge is 0.450 e. The summed E-state index contributed by atoms with van der Waals surface area (Å²) in [5.74, 6) is 1.13. The third-order valence-electron chi connectivity index (χ3n) is 3.47. The summed E-state index contributed by atoms with van der Waals surface area (Å²) in [4.78, 5) is 16.2. The highest BCUT2D eigenvalue weighted by Gasteiger charge is 2.15. The smallest absolute Gasteiger partial charge is 0.407 e. The number of carbonyl (C=O) groups is 1. The summed E-state index contributed by atoms with van der Waals surface area (Å²) in [5.41, 5.74) is 0. The van der Waals surface area contributed by atoms with Crippen LogP contribution < -0.4 is 16.0 Å². The second-order valence-electron chi connectivity index (χ2n) is 6.87. The van der Waals surface area contributed by atoms with Crippen LogP contribution in [0, 0.1) is 5.92 Å². The Hall–Kier alpha value is -1.51. The van der Waals surface area contributed by atoms with Crippen molar-refractivity contribution in [2.24, 2.45) is 10.9 Å². The Morgan fingerprint density at radius 3 is 2.31 bits per heavy atom. The number of rotatable bonds is 11. The van der Waals surface area contributed by atoms with Crippen LogP contribution in [0.15, 0.2) is 4.99 Å². The van der Waals surface area contributed by atoms with E-state index in [1.807, 2.05) is 13.8 Å². The van der Waals surface area contributed by atoms with Gasteiger partial charge in [0.25, 0.3) is 0 Å². The van der Waals surface area contributed by atoms with Crippen molar-refractivity contribution in [3.05, 3.63) is 0 Å². The lowest BCUT2D eigenvalue weighted by molar-refractivity contribution is 0.147. The number of carbonyl (C=O) groups excluding carboxylic acids is 1. The van der Waals surface area contributed by atoms with Gasteiger partial charge in [-0.05, 0) is 39.5 Å². The van der Waals surface area contributed by atoms with Gasteiger partial charge < -0.3 is 20.7 Å². The first-order chi connectivity index (χ1) is 12.1. The summed E-state index contributed by atoms with van der Waals surface area (Å²) in [6, 6.07) is -0.167. The highest BCUT2D eigenvalue weighted by atomic mass is 32.2. The van der Waals surface area contributed by atoms with Crippen molar-refractivity contribution < 1.29 is 17.9 Å². The Labute approximate surface area is 158 Å². The molecule has 0 aliphatic heterocycles. The van der Waals surface area contributed by atoms with E-state index in [4.69, 9.17) is 4.74 Å². The van der Waals surface area contributed by atoms with Crippen molar-refractivity contribution in [2.75, 3.05) is 31.7 Å². The average molecular weight is 393 g/mol. The Morgan fingerprint density at radius 2 is 1.81 bits per heavy atom. The predicted molar refractivity (Wildman–Crippen MR) is 106 cm³/mol. The number of aliphatic imine (C=N–C) groups is 1. The topological polar surface area (TPSA) is 109 Å². The van der Waals surface area contributed by atoms with Crippen molar-refractivity contribution in [2.45, 2.75) is 59.5 Å². The van der Waals surface area contributed by atoms with Crippen molar-refractivity contribution in [1.29, 1.82) is 0 Å². The van der Waals surface area contributed by atoms with Gasteiger partial charge in [-0.3, -0.25) is 4.99 Å². The third-order valence-corrected chi connectivity index (χ3v) is 4.45. The van der Waals surface area contributed by atoms with E-state index in [2.05, 4.69) is 34.8 Å². The zero-order valence-electron chi connectivity index (χ0n) is 17.0. The summed E-state index contributed by atoms with van der Waals surface area (Å²) < 4.78 is 27.5. The third kappa shape index (κ3) is 13.7. The van der Waals surface area contributed by atoms with Gasteiger partial charge >= 0.3 is 6.09 Å². The predicted octanol–water partition coefficient (Wildman–Crippen LogP) is 1.53. The molecule has 26 heavy (non-hydrogen) atoms. The lowest BCUT2D eigenvalue weighted by Crippen LogP contribution is -2.44. The van der Waals surface area contributed by atoms with E-state index in [0.717, 1.165) is 6.42 Å². The number of hydrogen-bond donors (Lipinski definition) is 3. The van der Waals surface area contributed by atoms with Gasteiger partial charge in [0.05, 0.1) is 24.9 Å². The zero-order valence-corrected chi connectivity index (χ0v) is 17.8. The summed E-state index contributed by atoms with van der Waals surface area (Å²) in [5, 5.41) is 9.19. The molecule has 8 nitrogen and oxygen atoms in total. The molecule has 0 aromatic rings. The number of guanidine groups is 1. The number of nitrogens with one attached hydrogen (secondary N) is 3. The van der Waals surface area contributed by atoms with Crippen molar-refractivity contribution in [1.82, 2.24) is 16.0 Å². The van der Waals surface area contributed by atoms with E-state index < -0.39 is 15.9 Å². The Morgan fingerprint density at radius 1 is 1.15 bits per heavy atom. The maximum Gasteiger partial charge on any atom is 0.407 e. The van der Waals surface area contributed by atoms with Crippen molar-refractivity contribution in [3.63, 3.8) is 0 Å². The first-order valence-electron chi connectivity index (χ1n) is 9.23. The van der Waals surface area contributed by atoms with Gasteiger partial charge in [0.2, 0.25) is 0 Å². The minimum absolute atomic E-state index is 0.0379. The highest BCUT2D eigenvalue weighted by molar-refractivity contribution is 7.90. The van der Waals surface area contributed by atoms with Crippen LogP contribution in [0.3, 0.4) is 0 Å². The molecule has 0 spiro atoms. The molecule has 0 aromatic heterocycles. The normalized spacial score (nSPS) is 14.7. The molecule has 2 unspecified atom stereocenters. The standard InChI is InChI=1S/C17H36N4O4S/c1-7-18-16(20-14(5)9-10-26(6,23)24)19-12-15(11-13(3)4)21-17(22)25-8-2/h13-15H,7-12H2,1-6H3,(H,21,22)(H2,18,19,20). The van der Waals surface area contributed by atoms with Crippen LogP contribution in [0.25, 0.3) is 0 Å². The van der Waals surface area contributed by atoms with Crippen molar-refractivity contribution in [3.8, 4) is 0 Å². The minimum atomic E-state index is -2.99. The Balaban J connectivity index is 4.83. The molecule has 0 radical (unpaired) electrons. The van der Waals surface area contributed by atoms with Gasteiger partial charge in [0, 0.05) is 18.8 Å². The molecule has 3 N–H and O–H groups in total. The van der Waals surface area contributed by atoms with E-state index >= 15 is 0 Å². The highest BCUT2D eigenvalue weighted by Crippen LogP contribution is 2.06. The maximum atomic E-state index is 11.7. The molecule has 0 aliphatic carbocycles. The van der Waals surface area contributed by atoms with E-state index in [1.165, 1.54) is 6.26 Å². The molecule has 154 valence electrons. The molecule has 0 aliphatic rings. The molecular formula is C17H36N4O4S. The SMILES string of the molecule is CCNC(=NCC(CC(C)C)NC(=O)OCC)NC(C)CCS(C)(=O)=O. The Kier molecular flexibility index (Phi) is 12.0. The lowest BCUT2D eigenvalue weighted by atomic mass is 10.0. The van der Waals surface area contributed by atoms with E-state index in [0.29, 0.717) is 38.0 Å². The molecule has 1 amide bonds. The van der Waals surface area contributed by atoms with E-state index in [-0.39, 0.29) is 17.8 Å². The molecule has 0 bridgehead atoms. The van der Waals surface area contributed by atoms with Gasteiger partial charge in [-0.1, -0.05) is 13.8 Å². The van der Waals surface area contributed by atoms with Gasteiger partial charge in [-0.15, -0.1) is 0 Å². The minimum Gasteiger partial charge on any atom is -0.450 e. The number of hydrogen-bond acceptors (Lipinski definition) is 5. The summed E-state index contributed by atoms with van der Waals surface area (Å²) in [6.07, 6.45) is 2.08. The molecule has 0 aromatic carbocycles. The number of amides is 1. The quantitative estimate of drug-likeness (QED) is 0.363. The lowest BCUT2D eigenvalue weighted by Gasteiger charge is -2.21. The molecule has 0 saturated carbocycles. The fourth-order valence-corrected chi connectivity index (χ4v) is 3.09. The summed E-state index contributed by atoms with van der Waals surface area (Å²) in [7, 11) is -2.99. The van der Waals surface area contributed by atoms with Crippen LogP contribution >= 0.6 is 0 Å². The number of sulfone groups is 1. The number of nitrogens with zero attached hydrogens (tertiary/aromatic N) is 1. The van der Waals surface area contributed by atoms with Gasteiger partial charge in [0.15, 0.2) is 5.96 Å². The average Bonchev–Trinajstić information content (AvgIpc) is 2.49. The van der Waals surface area contributed by atoms with Crippen LogP contribution in [0.4, 0.5) is 4.79 Å². The number of ether oxygens (including phenoxy) is 1. The fraction of sp³-hybridized carbons (Fsp3) is 0.882. The van der Waals surface area contributed by atoms with Crippen LogP contribution in [0.1, 0.15) is 47.5 Å². The second-order valence-corrected chi connectivity index (χ2v) is 9.13. The molecule has 9 heteroatoms. The van der Waals surface area contributed by atoms with Gasteiger partial charge in [-0.2, -0.15) is 0 Å². The van der Waals surface area contributed by atoms with Crippen LogP contribution in [0.5, 0.6) is 0 Å². The first kappa shape index (κ1) is 24.5. The molecular weight excluding hydrogens is 356 g/mol. The molecule has 2 atom stereocenters. The van der Waals surface area contributed by atoms with Gasteiger partial charge in [0.1, 0.15) is 9.84 Å². The maximum absolute atomic E-state index is 11.7. The summed E-state index contributed by atoms with van der Waals surface area (Å²) in [6.45, 7) is 11.2. The van der Waals surface area contributed by atoms with Crippen LogP contribution in [-0.2, 0) is 14.6 Å². The molecule has 0 rings (SSSR count). The summed E-state index contributed by atoms with van der Waals surface area (Å²) >= 11 is 0. The second kappa shape index (κ2) is 12.8. The van der Waals surface area contributed by atoms with E-state index in [9.17, 15) is 13.2 Å². The fourth-order valence-electron chi connectivity index (χ4n) is 2.31. The first-order valence-corrected chi connectivity index (χ1v) is 11.3. The molecule has 0 fully saturated rings. The van der Waals surface area contributed by atoms with E-state index in [1.54, 1.807) is 6.92 Å². The monoisotopic (exact) mass is 392 g/mol. The molecule has 0 heterocycles. The zero-order chi connectivity index (χ0) is 20.2.